The molecule has 9 heteroatoms. The molecule has 3 rings (SSSR count). The molecule has 0 saturated carbocycles. The highest BCUT2D eigenvalue weighted by Crippen LogP contribution is 2.28. The Bertz CT molecular complexity index is 984. The molecule has 1 fully saturated rings. The first-order valence-electron chi connectivity index (χ1n) is 9.42. The van der Waals surface area contributed by atoms with Gasteiger partial charge in [0.15, 0.2) is 5.76 Å². The Labute approximate surface area is 170 Å². The summed E-state index contributed by atoms with van der Waals surface area (Å²) < 4.78 is 32.6. The van der Waals surface area contributed by atoms with Crippen LogP contribution in [0.2, 0.25) is 0 Å². The van der Waals surface area contributed by atoms with Gasteiger partial charge in [-0.3, -0.25) is 20.4 Å². The Morgan fingerprint density at radius 3 is 2.24 bits per heavy atom. The number of hydrazine groups is 1. The number of benzene rings is 1. The van der Waals surface area contributed by atoms with Gasteiger partial charge in [-0.1, -0.05) is 17.7 Å². The van der Waals surface area contributed by atoms with Crippen LogP contribution in [0.15, 0.2) is 39.8 Å². The molecule has 0 aliphatic carbocycles. The summed E-state index contributed by atoms with van der Waals surface area (Å²) in [4.78, 5) is 24.5. The third-order valence-corrected chi connectivity index (χ3v) is 7.28. The van der Waals surface area contributed by atoms with Crippen LogP contribution in [0.3, 0.4) is 0 Å². The van der Waals surface area contributed by atoms with E-state index in [-0.39, 0.29) is 30.7 Å². The van der Waals surface area contributed by atoms with Gasteiger partial charge in [0.1, 0.15) is 0 Å². The summed E-state index contributed by atoms with van der Waals surface area (Å²) in [5.41, 5.74) is 7.16. The number of furan rings is 1. The van der Waals surface area contributed by atoms with Crippen molar-refractivity contribution >= 4 is 21.8 Å². The maximum atomic E-state index is 13.1. The molecule has 1 saturated heterocycles. The van der Waals surface area contributed by atoms with Crippen molar-refractivity contribution in [1.29, 1.82) is 0 Å². The van der Waals surface area contributed by atoms with Crippen LogP contribution >= 0.6 is 0 Å². The largest absolute Gasteiger partial charge is 0.459 e. The lowest BCUT2D eigenvalue weighted by atomic mass is 9.98. The third kappa shape index (κ3) is 4.51. The zero-order valence-corrected chi connectivity index (χ0v) is 17.5. The first-order valence-corrected chi connectivity index (χ1v) is 10.9. The molecule has 1 aromatic heterocycles. The van der Waals surface area contributed by atoms with Gasteiger partial charge in [0.2, 0.25) is 15.9 Å². The smallest absolute Gasteiger partial charge is 0.305 e. The summed E-state index contributed by atoms with van der Waals surface area (Å²) >= 11 is 0. The van der Waals surface area contributed by atoms with Crippen molar-refractivity contribution in [2.24, 2.45) is 5.92 Å². The second kappa shape index (κ2) is 8.38. The maximum absolute atomic E-state index is 13.1. The molecule has 1 aliphatic rings. The van der Waals surface area contributed by atoms with E-state index in [1.54, 1.807) is 19.9 Å². The van der Waals surface area contributed by atoms with E-state index in [1.807, 2.05) is 19.1 Å². The average Bonchev–Trinajstić information content (AvgIpc) is 3.19. The predicted molar refractivity (Wildman–Crippen MR) is 106 cm³/mol. The normalized spacial score (nSPS) is 15.8. The van der Waals surface area contributed by atoms with Crippen LogP contribution in [-0.2, 0) is 14.8 Å². The van der Waals surface area contributed by atoms with E-state index in [4.69, 9.17) is 4.42 Å². The molecule has 0 atom stereocenters. The van der Waals surface area contributed by atoms with E-state index >= 15 is 0 Å². The van der Waals surface area contributed by atoms with Crippen LogP contribution in [0, 0.1) is 26.7 Å². The standard InChI is InChI=1S/C20H25N3O5S/c1-13-11-14(2)18(15(3)12-13)29(26,27)23-8-6-16(7-9-23)19(24)21-22-20(25)17-5-4-10-28-17/h4-5,10-12,16H,6-9H2,1-3H3,(H,21,24)(H,22,25). The SMILES string of the molecule is Cc1cc(C)c(S(=O)(=O)N2CCC(C(=O)NNC(=O)c3ccco3)CC2)c(C)c1. The van der Waals surface area contributed by atoms with Gasteiger partial charge in [-0.05, 0) is 56.9 Å². The van der Waals surface area contributed by atoms with Gasteiger partial charge in [0.25, 0.3) is 0 Å². The van der Waals surface area contributed by atoms with E-state index in [0.29, 0.717) is 17.7 Å². The minimum absolute atomic E-state index is 0.0926. The quantitative estimate of drug-likeness (QED) is 0.738. The van der Waals surface area contributed by atoms with Crippen LogP contribution in [0.4, 0.5) is 0 Å². The summed E-state index contributed by atoms with van der Waals surface area (Å²) in [5, 5.41) is 0. The van der Waals surface area contributed by atoms with E-state index in [1.165, 1.54) is 16.6 Å². The highest BCUT2D eigenvalue weighted by atomic mass is 32.2. The molecular formula is C20H25N3O5S. The number of nitrogens with one attached hydrogen (secondary N) is 2. The lowest BCUT2D eigenvalue weighted by molar-refractivity contribution is -0.126. The first kappa shape index (κ1) is 21.1. The van der Waals surface area contributed by atoms with Crippen molar-refractivity contribution in [3.63, 3.8) is 0 Å². The molecule has 0 bridgehead atoms. The second-order valence-electron chi connectivity index (χ2n) is 7.33. The fraction of sp³-hybridized carbons (Fsp3) is 0.400. The van der Waals surface area contributed by atoms with Gasteiger partial charge in [0, 0.05) is 19.0 Å². The summed E-state index contributed by atoms with van der Waals surface area (Å²) in [6.45, 7) is 6.04. The van der Waals surface area contributed by atoms with Gasteiger partial charge in [-0.15, -0.1) is 0 Å². The number of nitrogens with zero attached hydrogens (tertiary/aromatic N) is 1. The van der Waals surface area contributed by atoms with Crippen molar-refractivity contribution in [2.45, 2.75) is 38.5 Å². The van der Waals surface area contributed by atoms with Crippen molar-refractivity contribution in [3.8, 4) is 0 Å². The van der Waals surface area contributed by atoms with Crippen molar-refractivity contribution < 1.29 is 22.4 Å². The van der Waals surface area contributed by atoms with Crippen LogP contribution in [0.1, 0.15) is 40.1 Å². The zero-order chi connectivity index (χ0) is 21.2. The van der Waals surface area contributed by atoms with Gasteiger partial charge in [-0.2, -0.15) is 4.31 Å². The molecule has 2 heterocycles. The molecule has 0 spiro atoms. The van der Waals surface area contributed by atoms with Crippen molar-refractivity contribution in [1.82, 2.24) is 15.2 Å². The number of amides is 2. The molecular weight excluding hydrogens is 394 g/mol. The Hall–Kier alpha value is -2.65. The van der Waals surface area contributed by atoms with Crippen molar-refractivity contribution in [2.75, 3.05) is 13.1 Å². The molecule has 8 nitrogen and oxygen atoms in total. The number of piperidine rings is 1. The van der Waals surface area contributed by atoms with Crippen LogP contribution in [0.5, 0.6) is 0 Å². The van der Waals surface area contributed by atoms with Gasteiger partial charge >= 0.3 is 5.91 Å². The topological polar surface area (TPSA) is 109 Å². The predicted octanol–water partition coefficient (Wildman–Crippen LogP) is 2.07. The Balaban J connectivity index is 1.60. The fourth-order valence-corrected chi connectivity index (χ4v) is 5.63. The van der Waals surface area contributed by atoms with Crippen LogP contribution in [0.25, 0.3) is 0 Å². The number of hydrogen-bond donors (Lipinski definition) is 2. The molecule has 0 radical (unpaired) electrons. The van der Waals surface area contributed by atoms with Gasteiger partial charge in [-0.25, -0.2) is 8.42 Å². The van der Waals surface area contributed by atoms with E-state index in [9.17, 15) is 18.0 Å². The summed E-state index contributed by atoms with van der Waals surface area (Å²) in [5.74, 6) is -1.17. The average molecular weight is 420 g/mol. The molecule has 2 aromatic rings. The lowest BCUT2D eigenvalue weighted by Gasteiger charge is -2.31. The second-order valence-corrected chi connectivity index (χ2v) is 9.20. The first-order chi connectivity index (χ1) is 13.7. The van der Waals surface area contributed by atoms with E-state index < -0.39 is 15.9 Å². The van der Waals surface area contributed by atoms with Crippen LogP contribution < -0.4 is 10.9 Å². The number of hydrogen-bond acceptors (Lipinski definition) is 5. The number of sulfonamides is 1. The molecule has 2 amide bonds. The molecule has 2 N–H and O–H groups in total. The zero-order valence-electron chi connectivity index (χ0n) is 16.7. The fourth-order valence-electron chi connectivity index (χ4n) is 3.75. The Morgan fingerprint density at radius 2 is 1.69 bits per heavy atom. The monoisotopic (exact) mass is 419 g/mol. The number of carbonyl (C=O) groups excluding carboxylic acids is 2. The highest BCUT2D eigenvalue weighted by molar-refractivity contribution is 7.89. The highest BCUT2D eigenvalue weighted by Gasteiger charge is 2.33. The molecule has 0 unspecified atom stereocenters. The van der Waals surface area contributed by atoms with Gasteiger partial charge < -0.3 is 4.42 Å². The van der Waals surface area contributed by atoms with Crippen LogP contribution in [-0.4, -0.2) is 37.6 Å². The number of rotatable bonds is 4. The third-order valence-electron chi connectivity index (χ3n) is 5.07. The number of carbonyl (C=O) groups is 2. The minimum atomic E-state index is -3.63. The molecule has 29 heavy (non-hydrogen) atoms. The Kier molecular flexibility index (Phi) is 6.09. The van der Waals surface area contributed by atoms with E-state index in [0.717, 1.165) is 16.7 Å². The summed E-state index contributed by atoms with van der Waals surface area (Å²) in [6.07, 6.45) is 2.13. The van der Waals surface area contributed by atoms with Gasteiger partial charge in [0.05, 0.1) is 11.2 Å². The summed E-state index contributed by atoms with van der Waals surface area (Å²) in [7, 11) is -3.63. The molecule has 156 valence electrons. The Morgan fingerprint density at radius 1 is 1.07 bits per heavy atom. The van der Waals surface area contributed by atoms with E-state index in [2.05, 4.69) is 10.9 Å². The summed E-state index contributed by atoms with van der Waals surface area (Å²) in [6, 6.07) is 6.79. The minimum Gasteiger partial charge on any atom is -0.459 e. The van der Waals surface area contributed by atoms with Crippen molar-refractivity contribution in [3.05, 3.63) is 53.0 Å². The molecule has 1 aliphatic heterocycles. The lowest BCUT2D eigenvalue weighted by Crippen LogP contribution is -2.48. The number of aryl methyl sites for hydroxylation is 3. The maximum Gasteiger partial charge on any atom is 0.305 e. The molecule has 1 aromatic carbocycles.